The minimum atomic E-state index is -0.243. The van der Waals surface area contributed by atoms with Gasteiger partial charge < -0.3 is 15.4 Å². The van der Waals surface area contributed by atoms with E-state index in [1.165, 1.54) is 12.8 Å². The molecule has 3 rings (SSSR count). The van der Waals surface area contributed by atoms with E-state index in [2.05, 4.69) is 15.6 Å². The highest BCUT2D eigenvalue weighted by molar-refractivity contribution is 5.85. The first-order valence-electron chi connectivity index (χ1n) is 9.38. The number of amides is 2. The van der Waals surface area contributed by atoms with Gasteiger partial charge in [0.05, 0.1) is 13.0 Å². The third kappa shape index (κ3) is 6.09. The van der Waals surface area contributed by atoms with Crippen molar-refractivity contribution >= 4 is 11.8 Å². The molecule has 0 unspecified atom stereocenters. The van der Waals surface area contributed by atoms with Crippen LogP contribution in [0.4, 0.5) is 0 Å². The Morgan fingerprint density at radius 3 is 2.56 bits per heavy atom. The molecule has 0 radical (unpaired) electrons. The van der Waals surface area contributed by atoms with Crippen LogP contribution in [0.15, 0.2) is 48.7 Å². The highest BCUT2D eigenvalue weighted by Crippen LogP contribution is 2.24. The number of hydrogen-bond donors (Lipinski definition) is 2. The van der Waals surface area contributed by atoms with E-state index in [0.717, 1.165) is 24.0 Å². The Morgan fingerprint density at radius 1 is 1.00 bits per heavy atom. The van der Waals surface area contributed by atoms with E-state index in [0.29, 0.717) is 12.4 Å². The van der Waals surface area contributed by atoms with Gasteiger partial charge in [0.25, 0.3) is 0 Å². The Hall–Kier alpha value is -2.89. The van der Waals surface area contributed by atoms with E-state index in [4.69, 9.17) is 4.74 Å². The van der Waals surface area contributed by atoms with E-state index in [1.807, 2.05) is 42.5 Å². The van der Waals surface area contributed by atoms with Gasteiger partial charge in [0, 0.05) is 18.3 Å². The predicted molar refractivity (Wildman–Crippen MR) is 102 cm³/mol. The van der Waals surface area contributed by atoms with Gasteiger partial charge in [0.2, 0.25) is 17.7 Å². The molecule has 142 valence electrons. The van der Waals surface area contributed by atoms with Crippen molar-refractivity contribution in [3.8, 4) is 5.88 Å². The number of carbonyl (C=O) groups is 2. The monoisotopic (exact) mass is 367 g/mol. The molecule has 0 aliphatic heterocycles. The number of rotatable bonds is 8. The number of carbonyl (C=O) groups excluding carboxylic acids is 2. The van der Waals surface area contributed by atoms with Gasteiger partial charge in [-0.1, -0.05) is 36.4 Å². The van der Waals surface area contributed by atoms with Crippen molar-refractivity contribution in [1.82, 2.24) is 15.6 Å². The second-order valence-electron chi connectivity index (χ2n) is 6.71. The van der Waals surface area contributed by atoms with Crippen molar-refractivity contribution in [2.75, 3.05) is 6.54 Å². The van der Waals surface area contributed by atoms with Crippen LogP contribution >= 0.6 is 0 Å². The minimum Gasteiger partial charge on any atom is -0.474 e. The molecule has 6 nitrogen and oxygen atoms in total. The first kappa shape index (κ1) is 18.9. The predicted octanol–water partition coefficient (Wildman–Crippen LogP) is 2.38. The highest BCUT2D eigenvalue weighted by Gasteiger charge is 2.18. The second kappa shape index (κ2) is 9.71. The third-order valence-electron chi connectivity index (χ3n) is 4.56. The third-order valence-corrected chi connectivity index (χ3v) is 4.56. The van der Waals surface area contributed by atoms with Crippen molar-refractivity contribution in [2.45, 2.75) is 44.8 Å². The summed E-state index contributed by atoms with van der Waals surface area (Å²) >= 11 is 0. The van der Waals surface area contributed by atoms with E-state index in [9.17, 15) is 9.59 Å². The molecular formula is C21H25N3O3. The Labute approximate surface area is 159 Å². The van der Waals surface area contributed by atoms with Crippen LogP contribution in [0.3, 0.4) is 0 Å². The molecule has 1 aromatic carbocycles. The van der Waals surface area contributed by atoms with Crippen LogP contribution in [0.5, 0.6) is 5.88 Å². The fourth-order valence-electron chi connectivity index (χ4n) is 3.11. The number of aromatic nitrogens is 1. The fourth-order valence-corrected chi connectivity index (χ4v) is 3.11. The molecule has 1 saturated carbocycles. The standard InChI is InChI=1S/C21H25N3O3/c25-19(13-16-7-2-1-3-8-16)24-15-20(26)23-14-17-9-6-12-22-21(17)27-18-10-4-5-11-18/h1-3,6-9,12,18H,4-5,10-11,13-15H2,(H,23,26)(H,24,25). The van der Waals surface area contributed by atoms with Gasteiger partial charge in [0.1, 0.15) is 6.10 Å². The molecule has 1 aliphatic carbocycles. The molecule has 0 spiro atoms. The van der Waals surface area contributed by atoms with E-state index in [-0.39, 0.29) is 30.9 Å². The average molecular weight is 367 g/mol. The van der Waals surface area contributed by atoms with Gasteiger partial charge in [-0.3, -0.25) is 9.59 Å². The molecule has 1 heterocycles. The Morgan fingerprint density at radius 2 is 1.78 bits per heavy atom. The Kier molecular flexibility index (Phi) is 6.79. The summed E-state index contributed by atoms with van der Waals surface area (Å²) in [5, 5.41) is 5.45. The SMILES string of the molecule is O=C(CNC(=O)Cc1ccccc1)NCc1cccnc1OC1CCCC1. The molecule has 2 N–H and O–H groups in total. The number of benzene rings is 1. The molecule has 6 heteroatoms. The molecule has 1 fully saturated rings. The first-order valence-corrected chi connectivity index (χ1v) is 9.38. The summed E-state index contributed by atoms with van der Waals surface area (Å²) in [5.74, 6) is 0.160. The quantitative estimate of drug-likeness (QED) is 0.751. The fraction of sp³-hybridized carbons (Fsp3) is 0.381. The topological polar surface area (TPSA) is 80.3 Å². The lowest BCUT2D eigenvalue weighted by Gasteiger charge is -2.15. The van der Waals surface area contributed by atoms with Crippen molar-refractivity contribution < 1.29 is 14.3 Å². The highest BCUT2D eigenvalue weighted by atomic mass is 16.5. The number of pyridine rings is 1. The normalized spacial score (nSPS) is 13.9. The molecule has 2 amide bonds. The number of ether oxygens (including phenoxy) is 1. The van der Waals surface area contributed by atoms with Gasteiger partial charge in [-0.15, -0.1) is 0 Å². The lowest BCUT2D eigenvalue weighted by atomic mass is 10.1. The average Bonchev–Trinajstić information content (AvgIpc) is 3.19. The van der Waals surface area contributed by atoms with Crippen LogP contribution in [0, 0.1) is 0 Å². The number of nitrogens with one attached hydrogen (secondary N) is 2. The van der Waals surface area contributed by atoms with E-state index >= 15 is 0 Å². The molecule has 2 aromatic rings. The Bertz CT molecular complexity index is 758. The zero-order chi connectivity index (χ0) is 18.9. The van der Waals surface area contributed by atoms with Crippen molar-refractivity contribution in [2.24, 2.45) is 0 Å². The van der Waals surface area contributed by atoms with Gasteiger partial charge in [-0.25, -0.2) is 4.98 Å². The smallest absolute Gasteiger partial charge is 0.239 e. The maximum atomic E-state index is 12.0. The van der Waals surface area contributed by atoms with Crippen LogP contribution in [0.2, 0.25) is 0 Å². The van der Waals surface area contributed by atoms with Crippen molar-refractivity contribution in [3.63, 3.8) is 0 Å². The summed E-state index contributed by atoms with van der Waals surface area (Å²) in [4.78, 5) is 28.3. The van der Waals surface area contributed by atoms with Gasteiger partial charge >= 0.3 is 0 Å². The molecule has 0 bridgehead atoms. The Balaban J connectivity index is 1.43. The lowest BCUT2D eigenvalue weighted by molar-refractivity contribution is -0.125. The molecule has 0 atom stereocenters. The summed E-state index contributed by atoms with van der Waals surface area (Å²) in [6.45, 7) is 0.272. The zero-order valence-corrected chi connectivity index (χ0v) is 15.3. The van der Waals surface area contributed by atoms with Crippen molar-refractivity contribution in [1.29, 1.82) is 0 Å². The molecule has 0 saturated heterocycles. The summed E-state index contributed by atoms with van der Waals surface area (Å²) in [7, 11) is 0. The number of hydrogen-bond acceptors (Lipinski definition) is 4. The van der Waals surface area contributed by atoms with E-state index in [1.54, 1.807) is 6.20 Å². The first-order chi connectivity index (χ1) is 13.2. The molecular weight excluding hydrogens is 342 g/mol. The maximum absolute atomic E-state index is 12.0. The van der Waals surface area contributed by atoms with Crippen LogP contribution in [0.1, 0.15) is 36.8 Å². The van der Waals surface area contributed by atoms with Gasteiger partial charge in [-0.05, 0) is 37.3 Å². The number of nitrogens with zero attached hydrogens (tertiary/aromatic N) is 1. The summed E-state index contributed by atoms with van der Waals surface area (Å²) < 4.78 is 5.97. The molecule has 1 aromatic heterocycles. The van der Waals surface area contributed by atoms with Crippen LogP contribution < -0.4 is 15.4 Å². The lowest BCUT2D eigenvalue weighted by Crippen LogP contribution is -2.37. The summed E-state index contributed by atoms with van der Waals surface area (Å²) in [6, 6.07) is 13.2. The summed E-state index contributed by atoms with van der Waals surface area (Å²) in [6.07, 6.45) is 6.64. The van der Waals surface area contributed by atoms with Crippen LogP contribution in [-0.4, -0.2) is 29.4 Å². The van der Waals surface area contributed by atoms with Gasteiger partial charge in [0.15, 0.2) is 0 Å². The largest absolute Gasteiger partial charge is 0.474 e. The minimum absolute atomic E-state index is 0.0508. The van der Waals surface area contributed by atoms with E-state index < -0.39 is 0 Å². The van der Waals surface area contributed by atoms with Crippen molar-refractivity contribution in [3.05, 3.63) is 59.8 Å². The second-order valence-corrected chi connectivity index (χ2v) is 6.71. The van der Waals surface area contributed by atoms with Crippen LogP contribution in [-0.2, 0) is 22.6 Å². The molecule has 27 heavy (non-hydrogen) atoms. The van der Waals surface area contributed by atoms with Gasteiger partial charge in [-0.2, -0.15) is 0 Å². The van der Waals surface area contributed by atoms with Crippen LogP contribution in [0.25, 0.3) is 0 Å². The maximum Gasteiger partial charge on any atom is 0.239 e. The molecule has 1 aliphatic rings. The summed E-state index contributed by atoms with van der Waals surface area (Å²) in [5.41, 5.74) is 1.76. The zero-order valence-electron chi connectivity index (χ0n) is 15.3.